The van der Waals surface area contributed by atoms with Crippen molar-refractivity contribution < 1.29 is 19.1 Å². The summed E-state index contributed by atoms with van der Waals surface area (Å²) in [5.74, 6) is 0.197. The fourth-order valence-electron chi connectivity index (χ4n) is 4.54. The number of rotatable bonds is 7. The van der Waals surface area contributed by atoms with E-state index >= 15 is 0 Å². The third-order valence-corrected chi connectivity index (χ3v) is 6.53. The molecule has 0 aromatic heterocycles. The molecule has 6 heteroatoms. The second kappa shape index (κ2) is 10.6. The van der Waals surface area contributed by atoms with Crippen LogP contribution in [0.2, 0.25) is 0 Å². The van der Waals surface area contributed by atoms with Gasteiger partial charge in [0.2, 0.25) is 11.8 Å². The third-order valence-electron chi connectivity index (χ3n) is 6.53. The minimum Gasteiger partial charge on any atom is -0.497 e. The molecule has 4 rings (SSSR count). The van der Waals surface area contributed by atoms with Crippen LogP contribution in [0.25, 0.3) is 0 Å². The zero-order chi connectivity index (χ0) is 24.9. The normalized spacial score (nSPS) is 17.7. The molecule has 2 unspecified atom stereocenters. The van der Waals surface area contributed by atoms with Crippen molar-refractivity contribution in [3.8, 4) is 5.75 Å². The van der Waals surface area contributed by atoms with E-state index in [2.05, 4.69) is 5.32 Å². The molecule has 1 aliphatic rings. The first-order valence-electron chi connectivity index (χ1n) is 11.8. The quantitative estimate of drug-likeness (QED) is 0.493. The SMILES string of the molecule is COc1ccc(C2C(C(=O)NCc3ccc(C(C)=O)cc3)CCC(=O)N2c2ccc(C)cc2)cc1. The van der Waals surface area contributed by atoms with E-state index < -0.39 is 12.0 Å². The highest BCUT2D eigenvalue weighted by Gasteiger charge is 2.41. The summed E-state index contributed by atoms with van der Waals surface area (Å²) in [6.07, 6.45) is 0.763. The molecule has 0 spiro atoms. The lowest BCUT2D eigenvalue weighted by Crippen LogP contribution is -2.48. The number of piperidine rings is 1. The van der Waals surface area contributed by atoms with Crippen LogP contribution in [0, 0.1) is 12.8 Å². The Labute approximate surface area is 205 Å². The first-order valence-corrected chi connectivity index (χ1v) is 11.8. The van der Waals surface area contributed by atoms with E-state index in [1.165, 1.54) is 6.92 Å². The van der Waals surface area contributed by atoms with Gasteiger partial charge in [0.05, 0.1) is 19.1 Å². The largest absolute Gasteiger partial charge is 0.497 e. The number of ether oxygens (including phenoxy) is 1. The number of nitrogens with zero attached hydrogens (tertiary/aromatic N) is 1. The third kappa shape index (κ3) is 5.43. The number of hydrogen-bond donors (Lipinski definition) is 1. The summed E-state index contributed by atoms with van der Waals surface area (Å²) in [6, 6.07) is 22.2. The van der Waals surface area contributed by atoms with E-state index in [4.69, 9.17) is 4.74 Å². The number of Topliss-reactive ketones (excluding diaryl/α,β-unsaturated/α-hetero) is 1. The molecule has 6 nitrogen and oxygen atoms in total. The number of aryl methyl sites for hydroxylation is 1. The van der Waals surface area contributed by atoms with Crippen LogP contribution >= 0.6 is 0 Å². The molecule has 1 N–H and O–H groups in total. The summed E-state index contributed by atoms with van der Waals surface area (Å²) in [5, 5.41) is 3.05. The smallest absolute Gasteiger partial charge is 0.227 e. The molecule has 0 radical (unpaired) electrons. The lowest BCUT2D eigenvalue weighted by atomic mass is 9.83. The second-order valence-corrected chi connectivity index (χ2v) is 8.93. The Morgan fingerprint density at radius 3 is 2.23 bits per heavy atom. The van der Waals surface area contributed by atoms with Crippen molar-refractivity contribution >= 4 is 23.3 Å². The van der Waals surface area contributed by atoms with Crippen LogP contribution in [0.3, 0.4) is 0 Å². The van der Waals surface area contributed by atoms with Crippen molar-refractivity contribution in [3.05, 3.63) is 95.1 Å². The molecular formula is C29H30N2O4. The van der Waals surface area contributed by atoms with Crippen molar-refractivity contribution in [1.82, 2.24) is 5.32 Å². The van der Waals surface area contributed by atoms with E-state index in [1.807, 2.05) is 67.6 Å². The summed E-state index contributed by atoms with van der Waals surface area (Å²) in [7, 11) is 1.61. The summed E-state index contributed by atoms with van der Waals surface area (Å²) in [6.45, 7) is 3.88. The zero-order valence-electron chi connectivity index (χ0n) is 20.3. The van der Waals surface area contributed by atoms with Gasteiger partial charge >= 0.3 is 0 Å². The van der Waals surface area contributed by atoms with Gasteiger partial charge in [-0.25, -0.2) is 0 Å². The average Bonchev–Trinajstić information content (AvgIpc) is 2.88. The Hall–Kier alpha value is -3.93. The van der Waals surface area contributed by atoms with Crippen LogP contribution in [0.4, 0.5) is 5.69 Å². The topological polar surface area (TPSA) is 75.7 Å². The van der Waals surface area contributed by atoms with Crippen molar-refractivity contribution in [1.29, 1.82) is 0 Å². The van der Waals surface area contributed by atoms with E-state index in [9.17, 15) is 14.4 Å². The summed E-state index contributed by atoms with van der Waals surface area (Å²) >= 11 is 0. The molecule has 2 amide bonds. The van der Waals surface area contributed by atoms with E-state index in [0.29, 0.717) is 30.7 Å². The van der Waals surface area contributed by atoms with Gasteiger partial charge in [0.25, 0.3) is 0 Å². The molecule has 1 heterocycles. The molecule has 2 atom stereocenters. The molecule has 1 aliphatic heterocycles. The van der Waals surface area contributed by atoms with Gasteiger partial charge in [0.1, 0.15) is 5.75 Å². The molecule has 3 aromatic rings. The summed E-state index contributed by atoms with van der Waals surface area (Å²) in [4.78, 5) is 39.9. The second-order valence-electron chi connectivity index (χ2n) is 8.93. The van der Waals surface area contributed by atoms with Crippen molar-refractivity contribution in [2.45, 2.75) is 39.3 Å². The van der Waals surface area contributed by atoms with Crippen molar-refractivity contribution in [2.24, 2.45) is 5.92 Å². The highest BCUT2D eigenvalue weighted by Crippen LogP contribution is 2.40. The molecule has 180 valence electrons. The number of carbonyl (C=O) groups excluding carboxylic acids is 3. The van der Waals surface area contributed by atoms with E-state index in [0.717, 1.165) is 22.4 Å². The molecule has 0 aliphatic carbocycles. The molecule has 1 fully saturated rings. The lowest BCUT2D eigenvalue weighted by Gasteiger charge is -2.41. The number of carbonyl (C=O) groups is 3. The Morgan fingerprint density at radius 2 is 1.63 bits per heavy atom. The lowest BCUT2D eigenvalue weighted by molar-refractivity contribution is -0.129. The molecular weight excluding hydrogens is 440 g/mol. The predicted molar refractivity (Wildman–Crippen MR) is 135 cm³/mol. The van der Waals surface area contributed by atoms with Gasteiger partial charge in [-0.15, -0.1) is 0 Å². The first-order chi connectivity index (χ1) is 16.9. The Bertz CT molecular complexity index is 1200. The fraction of sp³-hybridized carbons (Fsp3) is 0.276. The summed E-state index contributed by atoms with van der Waals surface area (Å²) in [5.41, 5.74) is 4.30. The van der Waals surface area contributed by atoms with E-state index in [1.54, 1.807) is 24.1 Å². The highest BCUT2D eigenvalue weighted by atomic mass is 16.5. The number of ketones is 1. The standard InChI is InChI=1S/C29H30N2O4/c1-19-4-12-24(13-5-19)31-27(33)17-16-26(28(31)23-10-14-25(35-3)15-11-23)29(34)30-18-21-6-8-22(9-7-21)20(2)32/h4-15,26,28H,16-18H2,1-3H3,(H,30,34). The zero-order valence-corrected chi connectivity index (χ0v) is 20.3. The van der Waals surface area contributed by atoms with Gasteiger partial charge in [-0.1, -0.05) is 54.1 Å². The maximum absolute atomic E-state index is 13.5. The molecule has 35 heavy (non-hydrogen) atoms. The molecule has 3 aromatic carbocycles. The number of methoxy groups -OCH3 is 1. The van der Waals surface area contributed by atoms with Gasteiger partial charge in [-0.3, -0.25) is 14.4 Å². The first kappa shape index (κ1) is 24.2. The van der Waals surface area contributed by atoms with Crippen LogP contribution < -0.4 is 15.0 Å². The predicted octanol–water partition coefficient (Wildman–Crippen LogP) is 5.01. The van der Waals surface area contributed by atoms with Gasteiger partial charge in [-0.05, 0) is 55.7 Å². The average molecular weight is 471 g/mol. The number of benzene rings is 3. The van der Waals surface area contributed by atoms with Crippen LogP contribution in [0.15, 0.2) is 72.8 Å². The molecule has 0 saturated carbocycles. The maximum Gasteiger partial charge on any atom is 0.227 e. The minimum atomic E-state index is -0.440. The monoisotopic (exact) mass is 470 g/mol. The van der Waals surface area contributed by atoms with Gasteiger partial charge in [-0.2, -0.15) is 0 Å². The fourth-order valence-corrected chi connectivity index (χ4v) is 4.54. The van der Waals surface area contributed by atoms with Crippen LogP contribution in [-0.2, 0) is 16.1 Å². The van der Waals surface area contributed by atoms with Gasteiger partial charge in [0, 0.05) is 24.2 Å². The van der Waals surface area contributed by atoms with Crippen LogP contribution in [0.1, 0.15) is 52.9 Å². The number of anilines is 1. The number of hydrogen-bond acceptors (Lipinski definition) is 4. The summed E-state index contributed by atoms with van der Waals surface area (Å²) < 4.78 is 5.31. The Balaban J connectivity index is 1.62. The molecule has 1 saturated heterocycles. The maximum atomic E-state index is 13.5. The number of nitrogens with one attached hydrogen (secondary N) is 1. The number of amides is 2. The Kier molecular flexibility index (Phi) is 7.30. The van der Waals surface area contributed by atoms with Gasteiger partial charge in [0.15, 0.2) is 5.78 Å². The molecule has 0 bridgehead atoms. The van der Waals surface area contributed by atoms with E-state index in [-0.39, 0.29) is 17.6 Å². The highest BCUT2D eigenvalue weighted by molar-refractivity contribution is 5.97. The Morgan fingerprint density at radius 1 is 0.971 bits per heavy atom. The van der Waals surface area contributed by atoms with Gasteiger partial charge < -0.3 is 15.0 Å². The van der Waals surface area contributed by atoms with Crippen LogP contribution in [-0.4, -0.2) is 24.7 Å². The van der Waals surface area contributed by atoms with Crippen molar-refractivity contribution in [2.75, 3.05) is 12.0 Å². The van der Waals surface area contributed by atoms with Crippen LogP contribution in [0.5, 0.6) is 5.75 Å². The van der Waals surface area contributed by atoms with Crippen molar-refractivity contribution in [3.63, 3.8) is 0 Å². The minimum absolute atomic E-state index is 0.00135.